The second kappa shape index (κ2) is 8.36. The van der Waals surface area contributed by atoms with Crippen LogP contribution in [0.15, 0.2) is 12.1 Å². The first-order valence-corrected chi connectivity index (χ1v) is 7.75. The zero-order chi connectivity index (χ0) is 14.2. The molecule has 0 spiro atoms. The predicted molar refractivity (Wildman–Crippen MR) is 77.2 cm³/mol. The van der Waals surface area contributed by atoms with E-state index in [2.05, 4.69) is 4.90 Å². The highest BCUT2D eigenvalue weighted by Crippen LogP contribution is 2.18. The van der Waals surface area contributed by atoms with Gasteiger partial charge in [-0.3, -0.25) is 4.90 Å². The van der Waals surface area contributed by atoms with Gasteiger partial charge in [0.25, 0.3) is 0 Å². The van der Waals surface area contributed by atoms with Crippen LogP contribution in [-0.4, -0.2) is 56.9 Å². The Balaban J connectivity index is 1.69. The molecular formula is C14H21NO4S. The van der Waals surface area contributed by atoms with Gasteiger partial charge in [0.05, 0.1) is 19.8 Å². The molecule has 1 saturated heterocycles. The van der Waals surface area contributed by atoms with Crippen molar-refractivity contribution >= 4 is 17.3 Å². The van der Waals surface area contributed by atoms with Gasteiger partial charge in [0.1, 0.15) is 11.5 Å². The van der Waals surface area contributed by atoms with Crippen molar-refractivity contribution in [2.24, 2.45) is 0 Å². The average Bonchev–Trinajstić information content (AvgIpc) is 2.95. The average molecular weight is 299 g/mol. The Kier molecular flexibility index (Phi) is 6.46. The highest BCUT2D eigenvalue weighted by molar-refractivity contribution is 7.13. The summed E-state index contributed by atoms with van der Waals surface area (Å²) in [6, 6.07) is 3.72. The Bertz CT molecular complexity index is 415. The third-order valence-electron chi connectivity index (χ3n) is 3.06. The van der Waals surface area contributed by atoms with E-state index < -0.39 is 0 Å². The normalized spacial score (nSPS) is 16.2. The molecule has 0 bridgehead atoms. The molecule has 0 N–H and O–H groups in total. The number of ether oxygens (including phenoxy) is 3. The monoisotopic (exact) mass is 299 g/mol. The molecule has 1 aliphatic heterocycles. The number of morpholine rings is 1. The van der Waals surface area contributed by atoms with Gasteiger partial charge in [0.2, 0.25) is 0 Å². The summed E-state index contributed by atoms with van der Waals surface area (Å²) in [6.45, 7) is 7.74. The van der Waals surface area contributed by atoms with Gasteiger partial charge in [0.15, 0.2) is 0 Å². The zero-order valence-electron chi connectivity index (χ0n) is 11.8. The van der Waals surface area contributed by atoms with Crippen molar-refractivity contribution in [2.75, 3.05) is 46.1 Å². The molecule has 0 saturated carbocycles. The van der Waals surface area contributed by atoms with Crippen molar-refractivity contribution in [1.29, 1.82) is 0 Å². The maximum Gasteiger partial charge on any atom is 0.348 e. The molecule has 1 aliphatic rings. The predicted octanol–water partition coefficient (Wildman–Crippen LogP) is 1.77. The fraction of sp³-hybridized carbons (Fsp3) is 0.643. The lowest BCUT2D eigenvalue weighted by atomic mass is 10.4. The van der Waals surface area contributed by atoms with Crippen LogP contribution in [-0.2, 0) is 20.8 Å². The third-order valence-corrected chi connectivity index (χ3v) is 4.09. The van der Waals surface area contributed by atoms with Gasteiger partial charge < -0.3 is 14.2 Å². The molecule has 6 heteroatoms. The number of carbonyl (C=O) groups excluding carboxylic acids is 1. The van der Waals surface area contributed by atoms with Gasteiger partial charge in [0, 0.05) is 31.1 Å². The Hall–Kier alpha value is -0.950. The van der Waals surface area contributed by atoms with E-state index in [1.54, 1.807) is 6.07 Å². The molecule has 2 rings (SSSR count). The number of hydrogen-bond acceptors (Lipinski definition) is 6. The molecule has 5 nitrogen and oxygen atoms in total. The fourth-order valence-corrected chi connectivity index (χ4v) is 2.77. The molecule has 0 aliphatic carbocycles. The summed E-state index contributed by atoms with van der Waals surface area (Å²) in [5, 5.41) is 0. The largest absolute Gasteiger partial charge is 0.460 e. The summed E-state index contributed by atoms with van der Waals surface area (Å²) in [5.74, 6) is -0.244. The minimum Gasteiger partial charge on any atom is -0.460 e. The van der Waals surface area contributed by atoms with Crippen LogP contribution < -0.4 is 0 Å². The van der Waals surface area contributed by atoms with Gasteiger partial charge in [-0.2, -0.15) is 0 Å². The Morgan fingerprint density at radius 1 is 1.40 bits per heavy atom. The molecule has 0 amide bonds. The van der Waals surface area contributed by atoms with Gasteiger partial charge >= 0.3 is 5.97 Å². The van der Waals surface area contributed by atoms with Gasteiger partial charge in [-0.1, -0.05) is 0 Å². The maximum atomic E-state index is 11.9. The van der Waals surface area contributed by atoms with Gasteiger partial charge in [-0.05, 0) is 19.1 Å². The zero-order valence-corrected chi connectivity index (χ0v) is 12.6. The van der Waals surface area contributed by atoms with Crippen molar-refractivity contribution in [2.45, 2.75) is 13.5 Å². The molecular weight excluding hydrogens is 278 g/mol. The van der Waals surface area contributed by atoms with Crippen LogP contribution in [0.4, 0.5) is 0 Å². The summed E-state index contributed by atoms with van der Waals surface area (Å²) >= 11 is 1.43. The molecule has 0 unspecified atom stereocenters. The first-order valence-electron chi connectivity index (χ1n) is 6.93. The minimum atomic E-state index is -0.244. The Morgan fingerprint density at radius 3 is 2.95 bits per heavy atom. The van der Waals surface area contributed by atoms with E-state index >= 15 is 0 Å². The van der Waals surface area contributed by atoms with Crippen LogP contribution in [0.3, 0.4) is 0 Å². The van der Waals surface area contributed by atoms with Gasteiger partial charge in [-0.25, -0.2) is 4.79 Å². The lowest BCUT2D eigenvalue weighted by Crippen LogP contribution is -2.38. The lowest BCUT2D eigenvalue weighted by Gasteiger charge is -2.26. The smallest absolute Gasteiger partial charge is 0.348 e. The first-order chi connectivity index (χ1) is 9.79. The number of nitrogens with zero attached hydrogens (tertiary/aromatic N) is 1. The van der Waals surface area contributed by atoms with E-state index in [-0.39, 0.29) is 5.97 Å². The number of carbonyl (C=O) groups is 1. The molecule has 0 aromatic carbocycles. The second-order valence-corrected chi connectivity index (χ2v) is 5.66. The van der Waals surface area contributed by atoms with Crippen molar-refractivity contribution in [1.82, 2.24) is 4.90 Å². The number of hydrogen-bond donors (Lipinski definition) is 0. The lowest BCUT2D eigenvalue weighted by molar-refractivity contribution is 0.0197. The van der Waals surface area contributed by atoms with E-state index in [4.69, 9.17) is 14.2 Å². The van der Waals surface area contributed by atoms with E-state index in [1.807, 2.05) is 13.0 Å². The van der Waals surface area contributed by atoms with E-state index in [1.165, 1.54) is 11.3 Å². The molecule has 1 fully saturated rings. The molecule has 20 heavy (non-hydrogen) atoms. The molecule has 0 radical (unpaired) electrons. The Morgan fingerprint density at radius 2 is 2.20 bits per heavy atom. The van der Waals surface area contributed by atoms with Crippen LogP contribution in [0.25, 0.3) is 0 Å². The number of thiophene rings is 1. The van der Waals surface area contributed by atoms with Gasteiger partial charge in [-0.15, -0.1) is 11.3 Å². The molecule has 1 aromatic heterocycles. The quantitative estimate of drug-likeness (QED) is 0.718. The Labute approximate surface area is 123 Å². The molecule has 0 atom stereocenters. The second-order valence-electron chi connectivity index (χ2n) is 4.49. The van der Waals surface area contributed by atoms with Crippen LogP contribution >= 0.6 is 11.3 Å². The summed E-state index contributed by atoms with van der Waals surface area (Å²) in [6.07, 6.45) is 0. The van der Waals surface area contributed by atoms with E-state index in [0.717, 1.165) is 37.7 Å². The highest BCUT2D eigenvalue weighted by atomic mass is 32.1. The standard InChI is InChI=1S/C14H21NO4S/c1-2-17-11-12-3-4-13(20-12)14(16)19-10-7-15-5-8-18-9-6-15/h3-4H,2,5-11H2,1H3. The maximum absolute atomic E-state index is 11.9. The van der Waals surface area contributed by atoms with Crippen molar-refractivity contribution in [3.8, 4) is 0 Å². The van der Waals surface area contributed by atoms with Crippen molar-refractivity contribution in [3.63, 3.8) is 0 Å². The summed E-state index contributed by atoms with van der Waals surface area (Å²) in [4.78, 5) is 15.8. The summed E-state index contributed by atoms with van der Waals surface area (Å²) in [7, 11) is 0. The van der Waals surface area contributed by atoms with Crippen LogP contribution in [0, 0.1) is 0 Å². The SMILES string of the molecule is CCOCc1ccc(C(=O)OCCN2CCOCC2)s1. The highest BCUT2D eigenvalue weighted by Gasteiger charge is 2.13. The topological polar surface area (TPSA) is 48.0 Å². The van der Waals surface area contributed by atoms with Crippen LogP contribution in [0.2, 0.25) is 0 Å². The number of rotatable bonds is 7. The van der Waals surface area contributed by atoms with Crippen molar-refractivity contribution in [3.05, 3.63) is 21.9 Å². The summed E-state index contributed by atoms with van der Waals surface area (Å²) < 4.78 is 15.9. The molecule has 112 valence electrons. The number of esters is 1. The van der Waals surface area contributed by atoms with Crippen LogP contribution in [0.1, 0.15) is 21.5 Å². The first kappa shape index (κ1) is 15.4. The van der Waals surface area contributed by atoms with Crippen LogP contribution in [0.5, 0.6) is 0 Å². The minimum absolute atomic E-state index is 0.244. The van der Waals surface area contributed by atoms with Crippen molar-refractivity contribution < 1.29 is 19.0 Å². The summed E-state index contributed by atoms with van der Waals surface area (Å²) in [5.41, 5.74) is 0. The third kappa shape index (κ3) is 4.86. The fourth-order valence-electron chi connectivity index (χ4n) is 1.93. The van der Waals surface area contributed by atoms with E-state index in [9.17, 15) is 4.79 Å². The molecule has 1 aromatic rings. The van der Waals surface area contributed by atoms with E-state index in [0.29, 0.717) is 24.7 Å². The molecule has 2 heterocycles.